The van der Waals surface area contributed by atoms with Crippen LogP contribution in [0.4, 0.5) is 0 Å². The molecule has 0 radical (unpaired) electrons. The first-order valence-corrected chi connectivity index (χ1v) is 7.99. The molecule has 3 aromatic rings. The molecule has 0 atom stereocenters. The number of benzene rings is 1. The Hall–Kier alpha value is -2.21. The van der Waals surface area contributed by atoms with Gasteiger partial charge in [-0.1, -0.05) is 30.0 Å². The van der Waals surface area contributed by atoms with Crippen LogP contribution in [0.1, 0.15) is 5.56 Å². The highest BCUT2D eigenvalue weighted by Gasteiger charge is 2.13. The van der Waals surface area contributed by atoms with Crippen LogP contribution in [0.25, 0.3) is 11.6 Å². The summed E-state index contributed by atoms with van der Waals surface area (Å²) in [4.78, 5) is 0. The van der Waals surface area contributed by atoms with Crippen molar-refractivity contribution in [1.82, 2.24) is 14.8 Å². The van der Waals surface area contributed by atoms with Gasteiger partial charge >= 0.3 is 0 Å². The van der Waals surface area contributed by atoms with Gasteiger partial charge in [-0.2, -0.15) is 0 Å². The number of rotatable bonds is 6. The molecule has 0 saturated carbocycles. The van der Waals surface area contributed by atoms with Crippen molar-refractivity contribution in [2.45, 2.75) is 12.1 Å². The molecule has 0 aliphatic rings. The Morgan fingerprint density at radius 3 is 2.82 bits per heavy atom. The molecule has 0 N–H and O–H groups in total. The van der Waals surface area contributed by atoms with Gasteiger partial charge in [-0.25, -0.2) is 0 Å². The molecule has 0 fully saturated rings. The Bertz CT molecular complexity index is 738. The minimum atomic E-state index is 0.623. The molecule has 114 valence electrons. The van der Waals surface area contributed by atoms with Gasteiger partial charge in [-0.05, 0) is 30.7 Å². The molecular formula is C16H17N3O2S. The monoisotopic (exact) mass is 315 g/mol. The largest absolute Gasteiger partial charge is 0.492 e. The quantitative estimate of drug-likeness (QED) is 0.514. The zero-order valence-corrected chi connectivity index (χ0v) is 13.3. The number of thioether (sulfide) groups is 1. The molecule has 0 saturated heterocycles. The van der Waals surface area contributed by atoms with Crippen molar-refractivity contribution in [3.8, 4) is 17.3 Å². The van der Waals surface area contributed by atoms with Crippen LogP contribution in [-0.2, 0) is 7.05 Å². The fourth-order valence-corrected chi connectivity index (χ4v) is 2.79. The van der Waals surface area contributed by atoms with E-state index in [9.17, 15) is 0 Å². The highest BCUT2D eigenvalue weighted by Crippen LogP contribution is 2.23. The van der Waals surface area contributed by atoms with Crippen LogP contribution < -0.4 is 4.74 Å². The van der Waals surface area contributed by atoms with Crippen LogP contribution in [0.15, 0.2) is 52.2 Å². The summed E-state index contributed by atoms with van der Waals surface area (Å²) in [7, 11) is 1.93. The minimum absolute atomic E-state index is 0.623. The van der Waals surface area contributed by atoms with E-state index in [1.165, 1.54) is 0 Å². The van der Waals surface area contributed by atoms with Gasteiger partial charge in [0, 0.05) is 12.8 Å². The van der Waals surface area contributed by atoms with Crippen molar-refractivity contribution in [1.29, 1.82) is 0 Å². The maximum atomic E-state index is 5.78. The fourth-order valence-electron chi connectivity index (χ4n) is 2.06. The van der Waals surface area contributed by atoms with E-state index >= 15 is 0 Å². The van der Waals surface area contributed by atoms with E-state index < -0.39 is 0 Å². The lowest BCUT2D eigenvalue weighted by molar-refractivity contribution is 0.341. The molecule has 0 unspecified atom stereocenters. The van der Waals surface area contributed by atoms with Crippen LogP contribution in [0.3, 0.4) is 0 Å². The summed E-state index contributed by atoms with van der Waals surface area (Å²) in [6.45, 7) is 2.67. The Balaban J connectivity index is 1.55. The predicted octanol–water partition coefficient (Wildman–Crippen LogP) is 3.55. The Kier molecular flexibility index (Phi) is 4.48. The van der Waals surface area contributed by atoms with Crippen LogP contribution in [-0.4, -0.2) is 27.1 Å². The molecule has 0 aliphatic carbocycles. The number of hydrogen-bond acceptors (Lipinski definition) is 5. The third-order valence-electron chi connectivity index (χ3n) is 3.24. The van der Waals surface area contributed by atoms with Crippen LogP contribution in [0.2, 0.25) is 0 Å². The van der Waals surface area contributed by atoms with E-state index in [2.05, 4.69) is 10.2 Å². The third-order valence-corrected chi connectivity index (χ3v) is 4.23. The molecule has 5 nitrogen and oxygen atoms in total. The highest BCUT2D eigenvalue weighted by molar-refractivity contribution is 7.99. The van der Waals surface area contributed by atoms with Gasteiger partial charge in [-0.15, -0.1) is 10.2 Å². The smallest absolute Gasteiger partial charge is 0.200 e. The predicted molar refractivity (Wildman–Crippen MR) is 86.1 cm³/mol. The van der Waals surface area contributed by atoms with E-state index in [1.54, 1.807) is 18.0 Å². The number of para-hydroxylation sites is 1. The second kappa shape index (κ2) is 6.70. The SMILES string of the molecule is Cc1ccccc1OCCSc1nnc(-c2ccco2)n1C. The van der Waals surface area contributed by atoms with E-state index in [-0.39, 0.29) is 0 Å². The van der Waals surface area contributed by atoms with Gasteiger partial charge < -0.3 is 13.7 Å². The second-order valence-electron chi connectivity index (χ2n) is 4.80. The zero-order valence-electron chi connectivity index (χ0n) is 12.5. The summed E-state index contributed by atoms with van der Waals surface area (Å²) < 4.78 is 13.1. The molecule has 6 heteroatoms. The summed E-state index contributed by atoms with van der Waals surface area (Å²) in [5, 5.41) is 9.21. The van der Waals surface area contributed by atoms with E-state index in [0.717, 1.165) is 33.8 Å². The van der Waals surface area contributed by atoms with E-state index in [1.807, 2.05) is 54.9 Å². The number of aromatic nitrogens is 3. The Labute approximate surface area is 133 Å². The summed E-state index contributed by atoms with van der Waals surface area (Å²) in [5.74, 6) is 3.18. The maximum absolute atomic E-state index is 5.78. The molecular weight excluding hydrogens is 298 g/mol. The van der Waals surface area contributed by atoms with Gasteiger partial charge in [0.25, 0.3) is 0 Å². The lowest BCUT2D eigenvalue weighted by Crippen LogP contribution is -2.02. The van der Waals surface area contributed by atoms with Crippen molar-refractivity contribution in [2.75, 3.05) is 12.4 Å². The number of hydrogen-bond donors (Lipinski definition) is 0. The molecule has 0 bridgehead atoms. The van der Waals surface area contributed by atoms with Crippen LogP contribution in [0, 0.1) is 6.92 Å². The molecule has 22 heavy (non-hydrogen) atoms. The minimum Gasteiger partial charge on any atom is -0.492 e. The molecule has 2 heterocycles. The van der Waals surface area contributed by atoms with E-state index in [0.29, 0.717) is 6.61 Å². The Morgan fingerprint density at radius 2 is 2.05 bits per heavy atom. The third kappa shape index (κ3) is 3.17. The highest BCUT2D eigenvalue weighted by atomic mass is 32.2. The number of nitrogens with zero attached hydrogens (tertiary/aromatic N) is 3. The van der Waals surface area contributed by atoms with Gasteiger partial charge in [-0.3, -0.25) is 0 Å². The fraction of sp³-hybridized carbons (Fsp3) is 0.250. The average Bonchev–Trinajstić information content (AvgIpc) is 3.15. The van der Waals surface area contributed by atoms with Gasteiger partial charge in [0.2, 0.25) is 0 Å². The average molecular weight is 315 g/mol. The summed E-state index contributed by atoms with van der Waals surface area (Å²) >= 11 is 1.61. The normalized spacial score (nSPS) is 10.8. The van der Waals surface area contributed by atoms with Gasteiger partial charge in [0.05, 0.1) is 12.9 Å². The topological polar surface area (TPSA) is 53.1 Å². The first-order chi connectivity index (χ1) is 10.8. The van der Waals surface area contributed by atoms with Crippen molar-refractivity contribution >= 4 is 11.8 Å². The number of furan rings is 1. The maximum Gasteiger partial charge on any atom is 0.200 e. The lowest BCUT2D eigenvalue weighted by atomic mass is 10.2. The molecule has 2 aromatic heterocycles. The van der Waals surface area contributed by atoms with Crippen molar-refractivity contribution < 1.29 is 9.15 Å². The number of aryl methyl sites for hydroxylation is 1. The molecule has 3 rings (SSSR count). The Morgan fingerprint density at radius 1 is 1.18 bits per heavy atom. The molecule has 1 aromatic carbocycles. The van der Waals surface area contributed by atoms with Crippen LogP contribution >= 0.6 is 11.8 Å². The van der Waals surface area contributed by atoms with Crippen LogP contribution in [0.5, 0.6) is 5.75 Å². The summed E-state index contributed by atoms with van der Waals surface area (Å²) in [6, 6.07) is 11.7. The molecule has 0 aliphatic heterocycles. The van der Waals surface area contributed by atoms with Gasteiger partial charge in [0.15, 0.2) is 16.7 Å². The van der Waals surface area contributed by atoms with Crippen molar-refractivity contribution in [3.05, 3.63) is 48.2 Å². The summed E-state index contributed by atoms with van der Waals surface area (Å²) in [6.07, 6.45) is 1.63. The lowest BCUT2D eigenvalue weighted by Gasteiger charge is -2.08. The second-order valence-corrected chi connectivity index (χ2v) is 5.87. The first kappa shape index (κ1) is 14.7. The summed E-state index contributed by atoms with van der Waals surface area (Å²) in [5.41, 5.74) is 1.14. The standard InChI is InChI=1S/C16H17N3O2S/c1-12-6-3-4-7-13(12)21-10-11-22-16-18-17-15(19(16)2)14-8-5-9-20-14/h3-9H,10-11H2,1-2H3. The molecule has 0 amide bonds. The van der Waals surface area contributed by atoms with Crippen molar-refractivity contribution in [2.24, 2.45) is 7.05 Å². The number of ether oxygens (including phenoxy) is 1. The molecule has 0 spiro atoms. The zero-order chi connectivity index (χ0) is 15.4. The first-order valence-electron chi connectivity index (χ1n) is 7.00. The van der Waals surface area contributed by atoms with E-state index in [4.69, 9.17) is 9.15 Å². The van der Waals surface area contributed by atoms with Gasteiger partial charge in [0.1, 0.15) is 5.75 Å². The van der Waals surface area contributed by atoms with Crippen molar-refractivity contribution in [3.63, 3.8) is 0 Å².